The van der Waals surface area contributed by atoms with Gasteiger partial charge >= 0.3 is 0 Å². The van der Waals surface area contributed by atoms with Gasteiger partial charge in [-0.1, -0.05) is 42.0 Å². The molecule has 31 heavy (non-hydrogen) atoms. The molecule has 1 heterocycles. The van der Waals surface area contributed by atoms with Crippen molar-refractivity contribution in [3.05, 3.63) is 90.1 Å². The van der Waals surface area contributed by atoms with Crippen LogP contribution < -0.4 is 0 Å². The number of hydrogen-bond donors (Lipinski definition) is 1. The van der Waals surface area contributed by atoms with E-state index in [9.17, 15) is 16.8 Å². The lowest BCUT2D eigenvalue weighted by Crippen LogP contribution is -2.09. The minimum Gasteiger partial charge on any atom is -0.360 e. The predicted molar refractivity (Wildman–Crippen MR) is 118 cm³/mol. The smallest absolute Gasteiger partial charge is 0.296 e. The Kier molecular flexibility index (Phi) is 5.70. The molecule has 0 saturated heterocycles. The SMILES string of the molecule is Cc1ccc(S(=O)(=O)OCCc2ccc3[nH]cc(S(=O)(=O)c4ccccc4)c3c2)cc1. The summed E-state index contributed by atoms with van der Waals surface area (Å²) in [6, 6.07) is 20.0. The molecule has 1 aromatic heterocycles. The first-order valence-corrected chi connectivity index (χ1v) is 12.5. The molecule has 0 fully saturated rings. The Hall–Kier alpha value is -2.94. The number of sulfone groups is 1. The maximum atomic E-state index is 13.0. The summed E-state index contributed by atoms with van der Waals surface area (Å²) < 4.78 is 55.9. The van der Waals surface area contributed by atoms with Crippen molar-refractivity contribution >= 4 is 30.9 Å². The summed E-state index contributed by atoms with van der Waals surface area (Å²) in [4.78, 5) is 3.50. The summed E-state index contributed by atoms with van der Waals surface area (Å²) in [5.74, 6) is 0. The zero-order chi connectivity index (χ0) is 22.1. The minimum atomic E-state index is -3.85. The molecule has 160 valence electrons. The normalized spacial score (nSPS) is 12.3. The van der Waals surface area contributed by atoms with Crippen molar-refractivity contribution in [2.75, 3.05) is 6.61 Å². The first-order valence-electron chi connectivity index (χ1n) is 9.64. The van der Waals surface area contributed by atoms with Crippen LogP contribution in [-0.4, -0.2) is 28.4 Å². The number of aromatic amines is 1. The van der Waals surface area contributed by atoms with Gasteiger partial charge in [0.05, 0.1) is 21.3 Å². The highest BCUT2D eigenvalue weighted by Crippen LogP contribution is 2.29. The molecule has 0 spiro atoms. The van der Waals surface area contributed by atoms with Crippen molar-refractivity contribution < 1.29 is 21.0 Å². The summed E-state index contributed by atoms with van der Waals surface area (Å²) in [6.07, 6.45) is 1.80. The lowest BCUT2D eigenvalue weighted by molar-refractivity contribution is 0.322. The van der Waals surface area contributed by atoms with E-state index in [2.05, 4.69) is 4.98 Å². The highest BCUT2D eigenvalue weighted by Gasteiger charge is 2.22. The molecular weight excluding hydrogens is 434 g/mol. The summed E-state index contributed by atoms with van der Waals surface area (Å²) >= 11 is 0. The maximum Gasteiger partial charge on any atom is 0.296 e. The van der Waals surface area contributed by atoms with Crippen LogP contribution in [0.25, 0.3) is 10.9 Å². The fourth-order valence-electron chi connectivity index (χ4n) is 3.29. The van der Waals surface area contributed by atoms with Gasteiger partial charge in [0.15, 0.2) is 0 Å². The van der Waals surface area contributed by atoms with Gasteiger partial charge in [0.2, 0.25) is 9.84 Å². The lowest BCUT2D eigenvalue weighted by Gasteiger charge is -2.07. The Balaban J connectivity index is 1.55. The van der Waals surface area contributed by atoms with Crippen LogP contribution in [0.2, 0.25) is 0 Å². The molecule has 6 nitrogen and oxygen atoms in total. The van der Waals surface area contributed by atoms with Crippen LogP contribution >= 0.6 is 0 Å². The van der Waals surface area contributed by atoms with Gasteiger partial charge in [-0.15, -0.1) is 0 Å². The number of aryl methyl sites for hydroxylation is 1. The fraction of sp³-hybridized carbons (Fsp3) is 0.130. The van der Waals surface area contributed by atoms with Crippen LogP contribution in [0.4, 0.5) is 0 Å². The van der Waals surface area contributed by atoms with Crippen LogP contribution in [-0.2, 0) is 30.6 Å². The van der Waals surface area contributed by atoms with Gasteiger partial charge in [-0.3, -0.25) is 4.18 Å². The number of aromatic nitrogens is 1. The average Bonchev–Trinajstić information content (AvgIpc) is 3.19. The molecule has 4 rings (SSSR count). The quantitative estimate of drug-likeness (QED) is 0.420. The van der Waals surface area contributed by atoms with E-state index >= 15 is 0 Å². The number of hydrogen-bond acceptors (Lipinski definition) is 5. The molecule has 0 atom stereocenters. The molecule has 0 aliphatic rings. The summed E-state index contributed by atoms with van der Waals surface area (Å²) in [5.41, 5.74) is 2.42. The Morgan fingerprint density at radius 2 is 1.55 bits per heavy atom. The first kappa shape index (κ1) is 21.3. The third-order valence-electron chi connectivity index (χ3n) is 4.99. The maximum absolute atomic E-state index is 13.0. The van der Waals surface area contributed by atoms with Gasteiger partial charge in [0.1, 0.15) is 0 Å². The van der Waals surface area contributed by atoms with E-state index in [1.807, 2.05) is 13.0 Å². The molecule has 0 saturated carbocycles. The third kappa shape index (κ3) is 4.41. The number of benzene rings is 3. The second-order valence-electron chi connectivity index (χ2n) is 7.19. The van der Waals surface area contributed by atoms with E-state index in [1.165, 1.54) is 18.3 Å². The monoisotopic (exact) mass is 455 g/mol. The Labute approximate surface area is 181 Å². The van der Waals surface area contributed by atoms with Crippen molar-refractivity contribution in [1.29, 1.82) is 0 Å². The largest absolute Gasteiger partial charge is 0.360 e. The van der Waals surface area contributed by atoms with Gasteiger partial charge in [0.25, 0.3) is 10.1 Å². The summed E-state index contributed by atoms with van der Waals surface area (Å²) in [6.45, 7) is 1.83. The molecule has 0 bridgehead atoms. The van der Waals surface area contributed by atoms with E-state index < -0.39 is 20.0 Å². The number of nitrogens with one attached hydrogen (secondary N) is 1. The summed E-state index contributed by atoms with van der Waals surface area (Å²) in [5, 5.41) is 0.558. The molecule has 1 N–H and O–H groups in total. The van der Waals surface area contributed by atoms with E-state index in [0.29, 0.717) is 17.3 Å². The highest BCUT2D eigenvalue weighted by atomic mass is 32.2. The van der Waals surface area contributed by atoms with Crippen molar-refractivity contribution in [3.63, 3.8) is 0 Å². The zero-order valence-electron chi connectivity index (χ0n) is 16.8. The van der Waals surface area contributed by atoms with Gasteiger partial charge < -0.3 is 4.98 Å². The second-order valence-corrected chi connectivity index (χ2v) is 10.7. The van der Waals surface area contributed by atoms with Crippen molar-refractivity contribution in [3.8, 4) is 0 Å². The lowest BCUT2D eigenvalue weighted by atomic mass is 10.1. The number of H-pyrrole nitrogens is 1. The fourth-order valence-corrected chi connectivity index (χ4v) is 5.64. The van der Waals surface area contributed by atoms with Gasteiger partial charge in [-0.2, -0.15) is 8.42 Å². The second kappa shape index (κ2) is 8.30. The molecular formula is C23H21NO5S2. The molecule has 0 aliphatic heterocycles. The van der Waals surface area contributed by atoms with Crippen molar-refractivity contribution in [2.24, 2.45) is 0 Å². The molecule has 0 radical (unpaired) electrons. The van der Waals surface area contributed by atoms with E-state index in [-0.39, 0.29) is 21.3 Å². The van der Waals surface area contributed by atoms with Crippen LogP contribution in [0.3, 0.4) is 0 Å². The molecule has 0 unspecified atom stereocenters. The third-order valence-corrected chi connectivity index (χ3v) is 8.13. The Bertz CT molecular complexity index is 1420. The topological polar surface area (TPSA) is 93.3 Å². The standard InChI is InChI=1S/C23H21NO5S2/c1-17-7-10-20(11-8-17)31(27,28)29-14-13-18-9-12-22-21(15-18)23(16-24-22)30(25,26)19-5-3-2-4-6-19/h2-12,15-16,24H,13-14H2,1H3. The Morgan fingerprint density at radius 1 is 0.839 bits per heavy atom. The minimum absolute atomic E-state index is 0.0487. The summed E-state index contributed by atoms with van der Waals surface area (Å²) in [7, 11) is -7.53. The molecule has 0 amide bonds. The molecule has 0 aliphatic carbocycles. The van der Waals surface area contributed by atoms with Crippen LogP contribution in [0.1, 0.15) is 11.1 Å². The zero-order valence-corrected chi connectivity index (χ0v) is 18.4. The highest BCUT2D eigenvalue weighted by molar-refractivity contribution is 7.91. The first-order chi connectivity index (χ1) is 14.8. The van der Waals surface area contributed by atoms with Crippen molar-refractivity contribution in [2.45, 2.75) is 28.0 Å². The molecule has 8 heteroatoms. The van der Waals surface area contributed by atoms with E-state index in [4.69, 9.17) is 4.18 Å². The van der Waals surface area contributed by atoms with Crippen molar-refractivity contribution in [1.82, 2.24) is 4.98 Å². The molecule has 4 aromatic rings. The van der Waals surface area contributed by atoms with Gasteiger partial charge in [-0.25, -0.2) is 8.42 Å². The van der Waals surface area contributed by atoms with Crippen LogP contribution in [0.5, 0.6) is 0 Å². The van der Waals surface area contributed by atoms with E-state index in [0.717, 1.165) is 11.1 Å². The van der Waals surface area contributed by atoms with Crippen LogP contribution in [0, 0.1) is 6.92 Å². The molecule has 3 aromatic carbocycles. The van der Waals surface area contributed by atoms with Gasteiger partial charge in [0, 0.05) is 17.1 Å². The number of fused-ring (bicyclic) bond motifs is 1. The Morgan fingerprint density at radius 3 is 2.26 bits per heavy atom. The number of rotatable bonds is 7. The van der Waals surface area contributed by atoms with Gasteiger partial charge in [-0.05, 0) is 55.3 Å². The van der Waals surface area contributed by atoms with E-state index in [1.54, 1.807) is 54.6 Å². The average molecular weight is 456 g/mol. The van der Waals surface area contributed by atoms with Crippen LogP contribution in [0.15, 0.2) is 93.7 Å². The predicted octanol–water partition coefficient (Wildman–Crippen LogP) is 4.26.